The summed E-state index contributed by atoms with van der Waals surface area (Å²) in [4.78, 5) is 0. The molecule has 2 nitrogen and oxygen atoms in total. The van der Waals surface area contributed by atoms with Crippen molar-refractivity contribution in [1.29, 1.82) is 0 Å². The van der Waals surface area contributed by atoms with E-state index in [1.54, 1.807) is 6.07 Å². The Labute approximate surface area is 130 Å². The molecule has 20 heavy (non-hydrogen) atoms. The number of unbranched alkanes of at least 4 members (excludes halogenated alkanes) is 3. The van der Waals surface area contributed by atoms with Gasteiger partial charge < -0.3 is 11.1 Å². The second kappa shape index (κ2) is 11.1. The van der Waals surface area contributed by atoms with Crippen LogP contribution in [0.25, 0.3) is 0 Å². The summed E-state index contributed by atoms with van der Waals surface area (Å²) in [6.07, 6.45) is -0.220. The topological polar surface area (TPSA) is 38.0 Å². The molecule has 7 heteroatoms. The fourth-order valence-electron chi connectivity index (χ4n) is 1.66. The summed E-state index contributed by atoms with van der Waals surface area (Å²) in [5, 5.41) is 3.00. The van der Waals surface area contributed by atoms with Crippen LogP contribution in [-0.4, -0.2) is 13.1 Å². The predicted molar refractivity (Wildman–Crippen MR) is 82.0 cm³/mol. The Morgan fingerprint density at radius 2 is 1.65 bits per heavy atom. The van der Waals surface area contributed by atoms with Crippen LogP contribution in [0.4, 0.5) is 18.9 Å². The molecule has 0 aliphatic rings. The number of hydrogen-bond acceptors (Lipinski definition) is 2. The van der Waals surface area contributed by atoms with Crippen molar-refractivity contribution in [3.63, 3.8) is 0 Å². The van der Waals surface area contributed by atoms with Gasteiger partial charge >= 0.3 is 6.18 Å². The van der Waals surface area contributed by atoms with E-state index in [2.05, 4.69) is 5.32 Å². The normalized spacial score (nSPS) is 10.4. The third-order valence-corrected chi connectivity index (χ3v) is 2.65. The van der Waals surface area contributed by atoms with Gasteiger partial charge in [-0.25, -0.2) is 0 Å². The summed E-state index contributed by atoms with van der Waals surface area (Å²) in [6.45, 7) is 1.38. The maximum atomic E-state index is 12.5. The molecule has 0 unspecified atom stereocenters. The van der Waals surface area contributed by atoms with Gasteiger partial charge in [0.25, 0.3) is 0 Å². The van der Waals surface area contributed by atoms with Crippen LogP contribution < -0.4 is 11.1 Å². The SMILES string of the molecule is Cl.Cl.NCCCCCCNc1cccc(C(F)(F)F)c1. The molecule has 0 atom stereocenters. The van der Waals surface area contributed by atoms with E-state index in [9.17, 15) is 13.2 Å². The molecule has 0 aromatic heterocycles. The molecule has 0 heterocycles. The second-order valence-corrected chi connectivity index (χ2v) is 4.21. The largest absolute Gasteiger partial charge is 0.416 e. The molecular formula is C13H21Cl2F3N2. The smallest absolute Gasteiger partial charge is 0.385 e. The first kappa shape index (κ1) is 21.6. The zero-order valence-electron chi connectivity index (χ0n) is 11.1. The number of rotatable bonds is 7. The molecule has 118 valence electrons. The van der Waals surface area contributed by atoms with E-state index in [0.717, 1.165) is 37.8 Å². The van der Waals surface area contributed by atoms with Crippen molar-refractivity contribution in [2.45, 2.75) is 31.9 Å². The van der Waals surface area contributed by atoms with Crippen molar-refractivity contribution >= 4 is 30.5 Å². The third-order valence-electron chi connectivity index (χ3n) is 2.65. The highest BCUT2D eigenvalue weighted by Gasteiger charge is 2.30. The number of anilines is 1. The minimum absolute atomic E-state index is 0. The average molecular weight is 333 g/mol. The van der Waals surface area contributed by atoms with Gasteiger partial charge in [0, 0.05) is 12.2 Å². The van der Waals surface area contributed by atoms with Crippen molar-refractivity contribution in [2.75, 3.05) is 18.4 Å². The lowest BCUT2D eigenvalue weighted by Gasteiger charge is -2.10. The Hall–Kier alpha value is -0.650. The Balaban J connectivity index is 0. The predicted octanol–water partition coefficient (Wildman–Crippen LogP) is 4.48. The quantitative estimate of drug-likeness (QED) is 0.722. The number of nitrogens with one attached hydrogen (secondary N) is 1. The van der Waals surface area contributed by atoms with Gasteiger partial charge in [-0.05, 0) is 37.6 Å². The molecule has 0 spiro atoms. The Morgan fingerprint density at radius 3 is 2.25 bits per heavy atom. The van der Waals surface area contributed by atoms with Crippen LogP contribution >= 0.6 is 24.8 Å². The van der Waals surface area contributed by atoms with E-state index in [4.69, 9.17) is 5.73 Å². The summed E-state index contributed by atoms with van der Waals surface area (Å²) in [7, 11) is 0. The highest BCUT2D eigenvalue weighted by atomic mass is 35.5. The first-order valence-corrected chi connectivity index (χ1v) is 6.15. The molecule has 1 rings (SSSR count). The maximum absolute atomic E-state index is 12.5. The van der Waals surface area contributed by atoms with Crippen molar-refractivity contribution in [3.8, 4) is 0 Å². The van der Waals surface area contributed by atoms with Gasteiger partial charge in [-0.1, -0.05) is 18.9 Å². The van der Waals surface area contributed by atoms with Gasteiger partial charge in [-0.15, -0.1) is 24.8 Å². The molecule has 0 saturated heterocycles. The van der Waals surface area contributed by atoms with Crippen LogP contribution in [-0.2, 0) is 6.18 Å². The lowest BCUT2D eigenvalue weighted by Crippen LogP contribution is -2.07. The molecule has 0 fully saturated rings. The zero-order chi connectivity index (χ0) is 13.4. The van der Waals surface area contributed by atoms with E-state index < -0.39 is 11.7 Å². The van der Waals surface area contributed by atoms with E-state index in [-0.39, 0.29) is 24.8 Å². The molecule has 0 aliphatic carbocycles. The van der Waals surface area contributed by atoms with Crippen molar-refractivity contribution in [1.82, 2.24) is 0 Å². The Morgan fingerprint density at radius 1 is 1.00 bits per heavy atom. The number of halogens is 5. The van der Waals surface area contributed by atoms with E-state index in [0.29, 0.717) is 18.8 Å². The number of hydrogen-bond donors (Lipinski definition) is 2. The Bertz CT molecular complexity index is 360. The molecule has 0 bridgehead atoms. The van der Waals surface area contributed by atoms with Crippen LogP contribution in [0.1, 0.15) is 31.2 Å². The number of nitrogens with two attached hydrogens (primary N) is 1. The highest BCUT2D eigenvalue weighted by molar-refractivity contribution is 5.85. The third kappa shape index (κ3) is 8.51. The van der Waals surface area contributed by atoms with Gasteiger partial charge in [0.2, 0.25) is 0 Å². The van der Waals surface area contributed by atoms with E-state index in [1.165, 1.54) is 6.07 Å². The average Bonchev–Trinajstić information content (AvgIpc) is 2.33. The number of benzene rings is 1. The standard InChI is InChI=1S/C13H19F3N2.2ClH/c14-13(15,16)11-6-5-7-12(10-11)18-9-4-2-1-3-8-17;;/h5-7,10,18H,1-4,8-9,17H2;2*1H. The van der Waals surface area contributed by atoms with Crippen molar-refractivity contribution < 1.29 is 13.2 Å². The van der Waals surface area contributed by atoms with Crippen LogP contribution in [0.15, 0.2) is 24.3 Å². The van der Waals surface area contributed by atoms with Crippen molar-refractivity contribution in [2.24, 2.45) is 5.73 Å². The van der Waals surface area contributed by atoms with Crippen LogP contribution in [0.5, 0.6) is 0 Å². The number of alkyl halides is 3. The zero-order valence-corrected chi connectivity index (χ0v) is 12.7. The minimum atomic E-state index is -4.28. The van der Waals surface area contributed by atoms with E-state index >= 15 is 0 Å². The first-order chi connectivity index (χ1) is 8.54. The summed E-state index contributed by atoms with van der Waals surface area (Å²) in [5.41, 5.74) is 5.27. The first-order valence-electron chi connectivity index (χ1n) is 6.15. The summed E-state index contributed by atoms with van der Waals surface area (Å²) in [6, 6.07) is 5.28. The molecule has 1 aromatic carbocycles. The van der Waals surface area contributed by atoms with Crippen molar-refractivity contribution in [3.05, 3.63) is 29.8 Å². The summed E-state index contributed by atoms with van der Waals surface area (Å²) in [5.74, 6) is 0. The van der Waals surface area contributed by atoms with Gasteiger partial charge in [0.05, 0.1) is 5.56 Å². The fourth-order valence-corrected chi connectivity index (χ4v) is 1.66. The molecule has 0 radical (unpaired) electrons. The molecule has 3 N–H and O–H groups in total. The molecular weight excluding hydrogens is 312 g/mol. The molecule has 0 saturated carbocycles. The van der Waals surface area contributed by atoms with E-state index in [1.807, 2.05) is 0 Å². The van der Waals surface area contributed by atoms with Crippen LogP contribution in [0.3, 0.4) is 0 Å². The monoisotopic (exact) mass is 332 g/mol. The maximum Gasteiger partial charge on any atom is 0.416 e. The Kier molecular flexibility index (Phi) is 12.0. The van der Waals surface area contributed by atoms with Gasteiger partial charge in [-0.3, -0.25) is 0 Å². The highest BCUT2D eigenvalue weighted by Crippen LogP contribution is 2.30. The van der Waals surface area contributed by atoms with Crippen LogP contribution in [0.2, 0.25) is 0 Å². The van der Waals surface area contributed by atoms with Gasteiger partial charge in [-0.2, -0.15) is 13.2 Å². The minimum Gasteiger partial charge on any atom is -0.385 e. The fraction of sp³-hybridized carbons (Fsp3) is 0.538. The van der Waals surface area contributed by atoms with Gasteiger partial charge in [0.15, 0.2) is 0 Å². The summed E-state index contributed by atoms with van der Waals surface area (Å²) >= 11 is 0. The molecule has 1 aromatic rings. The lowest BCUT2D eigenvalue weighted by atomic mass is 10.1. The molecule has 0 aliphatic heterocycles. The second-order valence-electron chi connectivity index (χ2n) is 4.21. The van der Waals surface area contributed by atoms with Gasteiger partial charge in [0.1, 0.15) is 0 Å². The van der Waals surface area contributed by atoms with Crippen LogP contribution in [0, 0.1) is 0 Å². The lowest BCUT2D eigenvalue weighted by molar-refractivity contribution is -0.137. The molecule has 0 amide bonds. The summed E-state index contributed by atoms with van der Waals surface area (Å²) < 4.78 is 37.4.